The second-order valence-corrected chi connectivity index (χ2v) is 10.7. The Balaban J connectivity index is 1.66. The molecule has 0 bridgehead atoms. The fraction of sp³-hybridized carbons (Fsp3) is 0.448. The molecule has 0 aliphatic carbocycles. The number of esters is 1. The van der Waals surface area contributed by atoms with E-state index in [0.717, 1.165) is 19.1 Å². The van der Waals surface area contributed by atoms with Crippen LogP contribution in [-0.2, 0) is 23.7 Å². The number of hydrogen-bond acceptors (Lipinski definition) is 15. The van der Waals surface area contributed by atoms with Crippen molar-refractivity contribution in [3.8, 4) is 28.6 Å². The van der Waals surface area contributed by atoms with Gasteiger partial charge in [0.25, 0.3) is 0 Å². The van der Waals surface area contributed by atoms with Crippen molar-refractivity contribution in [3.63, 3.8) is 0 Å². The highest BCUT2D eigenvalue weighted by molar-refractivity contribution is 5.89. The lowest BCUT2D eigenvalue weighted by molar-refractivity contribution is -0.338. The number of carbonyl (C=O) groups excluding carboxylic acids is 1. The summed E-state index contributed by atoms with van der Waals surface area (Å²) >= 11 is 0. The van der Waals surface area contributed by atoms with Crippen LogP contribution in [0.4, 0.5) is 0 Å². The first-order valence-electron chi connectivity index (χ1n) is 13.6. The molecule has 3 heterocycles. The number of aliphatic hydroxyl groups is 5. The van der Waals surface area contributed by atoms with Gasteiger partial charge in [-0.1, -0.05) is 0 Å². The third-order valence-corrected chi connectivity index (χ3v) is 7.67. The summed E-state index contributed by atoms with van der Waals surface area (Å²) in [5, 5.41) is 84.1. The molecule has 5 rings (SSSR count). The molecule has 4 unspecified atom stereocenters. The minimum atomic E-state index is -1.89. The molecule has 2 aliphatic heterocycles. The van der Waals surface area contributed by atoms with Gasteiger partial charge in [-0.2, -0.15) is 0 Å². The summed E-state index contributed by atoms with van der Waals surface area (Å²) in [6.07, 6.45) is -16.3. The molecule has 15 nitrogen and oxygen atoms in total. The summed E-state index contributed by atoms with van der Waals surface area (Å²) < 4.78 is 28.3. The van der Waals surface area contributed by atoms with Crippen LogP contribution in [0.2, 0.25) is 0 Å². The van der Waals surface area contributed by atoms with Crippen LogP contribution in [0.5, 0.6) is 17.2 Å². The quantitative estimate of drug-likeness (QED) is 0.162. The van der Waals surface area contributed by atoms with Gasteiger partial charge in [-0.15, -0.1) is 0 Å². The van der Waals surface area contributed by atoms with Gasteiger partial charge in [-0.3, -0.25) is 9.59 Å². The Hall–Kier alpha value is -3.80. The van der Waals surface area contributed by atoms with Crippen LogP contribution < -0.4 is 5.43 Å². The zero-order valence-corrected chi connectivity index (χ0v) is 23.4. The van der Waals surface area contributed by atoms with E-state index < -0.39 is 96.3 Å². The standard InChI is InChI=1S/C29H32O15/c1-10-21(35)23(37)25(39)29(41-10)44-28-24(38)22(36)18(9-40-11(2)30)43-27(28)20-15(33)7-14(32)19-16(34)8-17(42-26(19)20)12-3-5-13(31)6-4-12/h3-8,10,18,21-25,27-29,31-33,35-39H,9H2,1-2H3/t10-,18-,21-,22+,23?,24?,25?,27-,28?,29-/m0/s1. The number of ether oxygens (including phenoxy) is 4. The molecule has 0 saturated carbocycles. The minimum Gasteiger partial charge on any atom is -0.508 e. The van der Waals surface area contributed by atoms with E-state index in [1.54, 1.807) is 0 Å². The van der Waals surface area contributed by atoms with Crippen LogP contribution in [0.1, 0.15) is 25.5 Å². The Morgan fingerprint density at radius 2 is 1.55 bits per heavy atom. The van der Waals surface area contributed by atoms with Gasteiger partial charge in [0.15, 0.2) is 17.3 Å². The van der Waals surface area contributed by atoms with E-state index >= 15 is 0 Å². The van der Waals surface area contributed by atoms with Gasteiger partial charge >= 0.3 is 5.97 Å². The molecule has 0 radical (unpaired) electrons. The molecule has 2 aliphatic rings. The van der Waals surface area contributed by atoms with Crippen molar-refractivity contribution >= 4 is 16.9 Å². The maximum atomic E-state index is 13.2. The molecule has 2 fully saturated rings. The summed E-state index contributed by atoms with van der Waals surface area (Å²) in [4.78, 5) is 24.7. The number of benzene rings is 2. The maximum absolute atomic E-state index is 13.2. The maximum Gasteiger partial charge on any atom is 0.302 e. The van der Waals surface area contributed by atoms with Crippen LogP contribution in [0.15, 0.2) is 45.6 Å². The summed E-state index contributed by atoms with van der Waals surface area (Å²) in [6, 6.07) is 7.49. The molecule has 0 amide bonds. The fourth-order valence-electron chi connectivity index (χ4n) is 5.31. The van der Waals surface area contributed by atoms with Crippen molar-refractivity contribution in [3.05, 3.63) is 52.2 Å². The topological polar surface area (TPSA) is 246 Å². The summed E-state index contributed by atoms with van der Waals surface area (Å²) in [5.41, 5.74) is -1.15. The highest BCUT2D eigenvalue weighted by atomic mass is 16.7. The highest BCUT2D eigenvalue weighted by Gasteiger charge is 2.51. The number of phenols is 3. The molecule has 8 N–H and O–H groups in total. The van der Waals surface area contributed by atoms with Crippen molar-refractivity contribution in [2.24, 2.45) is 0 Å². The number of aromatic hydroxyl groups is 3. The number of rotatable bonds is 6. The van der Waals surface area contributed by atoms with E-state index in [4.69, 9.17) is 23.4 Å². The molecular formula is C29H32O15. The van der Waals surface area contributed by atoms with Gasteiger partial charge in [-0.25, -0.2) is 0 Å². The number of aliphatic hydroxyl groups excluding tert-OH is 5. The number of carbonyl (C=O) groups is 1. The lowest BCUT2D eigenvalue weighted by atomic mass is 9.89. The number of hydrogen-bond donors (Lipinski definition) is 8. The summed E-state index contributed by atoms with van der Waals surface area (Å²) in [6.45, 7) is 1.95. The van der Waals surface area contributed by atoms with Crippen LogP contribution in [0.3, 0.4) is 0 Å². The number of phenolic OH excluding ortho intramolecular Hbond substituents is 3. The largest absolute Gasteiger partial charge is 0.508 e. The van der Waals surface area contributed by atoms with E-state index in [9.17, 15) is 50.4 Å². The first-order valence-corrected chi connectivity index (χ1v) is 13.6. The van der Waals surface area contributed by atoms with E-state index in [1.807, 2.05) is 0 Å². The van der Waals surface area contributed by atoms with Crippen LogP contribution >= 0.6 is 0 Å². The molecule has 1 aromatic heterocycles. The molecular weight excluding hydrogens is 588 g/mol. The third kappa shape index (κ3) is 5.83. The van der Waals surface area contributed by atoms with Crippen molar-refractivity contribution in [1.82, 2.24) is 0 Å². The Morgan fingerprint density at radius 1 is 0.864 bits per heavy atom. The van der Waals surface area contributed by atoms with Crippen LogP contribution in [0, 0.1) is 0 Å². The van der Waals surface area contributed by atoms with Gasteiger partial charge < -0.3 is 64.2 Å². The fourth-order valence-corrected chi connectivity index (χ4v) is 5.31. The van der Waals surface area contributed by atoms with Gasteiger partial charge in [0.1, 0.15) is 83.8 Å². The Bertz CT molecular complexity index is 1570. The second kappa shape index (κ2) is 12.3. The SMILES string of the molecule is CC(=O)OC[C@@H]1O[C@@H](c2c(O)cc(O)c3c(=O)cc(-c4ccc(O)cc4)oc23)C(O[C@@H]2O[C@@H](C)[C@H](O)C(O)C2O)C(O)[C@@H]1O. The molecule has 2 aromatic carbocycles. The predicted octanol–water partition coefficient (Wildman–Crippen LogP) is -0.486. The average molecular weight is 621 g/mol. The Labute approximate surface area is 248 Å². The summed E-state index contributed by atoms with van der Waals surface area (Å²) in [5.74, 6) is -2.18. The monoisotopic (exact) mass is 620 g/mol. The van der Waals surface area contributed by atoms with Gasteiger partial charge in [0, 0.05) is 24.6 Å². The first-order chi connectivity index (χ1) is 20.8. The van der Waals surface area contributed by atoms with Gasteiger partial charge in [0.05, 0.1) is 11.7 Å². The van der Waals surface area contributed by atoms with Crippen LogP contribution in [-0.4, -0.2) is 109 Å². The lowest BCUT2D eigenvalue weighted by Crippen LogP contribution is -2.62. The van der Waals surface area contributed by atoms with E-state index in [-0.39, 0.29) is 22.5 Å². The summed E-state index contributed by atoms with van der Waals surface area (Å²) in [7, 11) is 0. The van der Waals surface area contributed by atoms with Crippen molar-refractivity contribution in [2.45, 2.75) is 75.1 Å². The van der Waals surface area contributed by atoms with E-state index in [1.165, 1.54) is 31.2 Å². The van der Waals surface area contributed by atoms with E-state index in [2.05, 4.69) is 0 Å². The Kier molecular flexibility index (Phi) is 8.84. The van der Waals surface area contributed by atoms with Crippen molar-refractivity contribution in [1.29, 1.82) is 0 Å². The molecule has 15 heteroatoms. The molecule has 44 heavy (non-hydrogen) atoms. The normalized spacial score (nSPS) is 32.4. The van der Waals surface area contributed by atoms with Gasteiger partial charge in [-0.05, 0) is 31.2 Å². The molecule has 3 aromatic rings. The highest BCUT2D eigenvalue weighted by Crippen LogP contribution is 2.45. The van der Waals surface area contributed by atoms with Crippen molar-refractivity contribution in [2.75, 3.05) is 6.61 Å². The van der Waals surface area contributed by atoms with E-state index in [0.29, 0.717) is 5.56 Å². The Morgan fingerprint density at radius 3 is 2.20 bits per heavy atom. The zero-order chi connectivity index (χ0) is 32.0. The smallest absolute Gasteiger partial charge is 0.302 e. The predicted molar refractivity (Wildman–Crippen MR) is 146 cm³/mol. The molecule has 0 spiro atoms. The average Bonchev–Trinajstić information content (AvgIpc) is 2.97. The second-order valence-electron chi connectivity index (χ2n) is 10.7. The number of fused-ring (bicyclic) bond motifs is 1. The third-order valence-electron chi connectivity index (χ3n) is 7.67. The first kappa shape index (κ1) is 31.6. The minimum absolute atomic E-state index is 0.0453. The van der Waals surface area contributed by atoms with Crippen LogP contribution in [0.25, 0.3) is 22.3 Å². The lowest BCUT2D eigenvalue weighted by Gasteiger charge is -2.46. The molecule has 2 saturated heterocycles. The molecule has 10 atom stereocenters. The zero-order valence-electron chi connectivity index (χ0n) is 23.4. The van der Waals surface area contributed by atoms with Gasteiger partial charge in [0.2, 0.25) is 0 Å². The molecule has 238 valence electrons. The van der Waals surface area contributed by atoms with Crippen molar-refractivity contribution < 1.29 is 69.0 Å².